The van der Waals surface area contributed by atoms with Crippen LogP contribution in [0.3, 0.4) is 0 Å². The monoisotopic (exact) mass is 222 g/mol. The lowest BCUT2D eigenvalue weighted by molar-refractivity contribution is 0.162. The predicted octanol–water partition coefficient (Wildman–Crippen LogP) is 2.23. The topological polar surface area (TPSA) is 29.3 Å². The first-order chi connectivity index (χ1) is 7.59. The zero-order valence-electron chi connectivity index (χ0n) is 9.91. The van der Waals surface area contributed by atoms with E-state index in [1.54, 1.807) is 6.07 Å². The van der Waals surface area contributed by atoms with Gasteiger partial charge in [0.2, 0.25) is 0 Å². The van der Waals surface area contributed by atoms with Gasteiger partial charge in [0.05, 0.1) is 0 Å². The van der Waals surface area contributed by atoms with Crippen molar-refractivity contribution in [1.29, 1.82) is 0 Å². The van der Waals surface area contributed by atoms with E-state index in [1.807, 2.05) is 13.0 Å². The molecule has 0 spiro atoms. The molecule has 1 aliphatic heterocycles. The van der Waals surface area contributed by atoms with Gasteiger partial charge in [-0.2, -0.15) is 0 Å². The van der Waals surface area contributed by atoms with E-state index in [-0.39, 0.29) is 17.9 Å². The number of hydrogen-bond acceptors (Lipinski definition) is 2. The van der Waals surface area contributed by atoms with Gasteiger partial charge in [0, 0.05) is 12.1 Å². The Hall–Kier alpha value is -0.930. The van der Waals surface area contributed by atoms with Crippen molar-refractivity contribution < 1.29 is 4.39 Å². The van der Waals surface area contributed by atoms with Gasteiger partial charge in [-0.3, -0.25) is 4.90 Å². The van der Waals surface area contributed by atoms with Crippen LogP contribution < -0.4 is 5.73 Å². The normalized spacial score (nSPS) is 27.0. The van der Waals surface area contributed by atoms with Crippen LogP contribution >= 0.6 is 0 Å². The maximum absolute atomic E-state index is 13.1. The summed E-state index contributed by atoms with van der Waals surface area (Å²) in [5, 5.41) is 0. The molecule has 0 aliphatic carbocycles. The molecule has 0 radical (unpaired) electrons. The number of nitrogens with zero attached hydrogens (tertiary/aromatic N) is 1. The molecule has 2 N–H and O–H groups in total. The summed E-state index contributed by atoms with van der Waals surface area (Å²) in [7, 11) is 2.09. The molecule has 2 rings (SSSR count). The first kappa shape index (κ1) is 11.6. The number of nitrogens with two attached hydrogens (primary N) is 1. The standard InChI is InChI=1S/C13H19FN2/c1-9-8-10(14)5-6-11(9)13-12(15)4-3-7-16(13)2/h5-6,8,12-13H,3-4,7,15H2,1-2H3. The summed E-state index contributed by atoms with van der Waals surface area (Å²) >= 11 is 0. The van der Waals surface area contributed by atoms with Crippen LogP contribution in [0.5, 0.6) is 0 Å². The highest BCUT2D eigenvalue weighted by Crippen LogP contribution is 2.30. The van der Waals surface area contributed by atoms with Gasteiger partial charge in [-0.25, -0.2) is 4.39 Å². The van der Waals surface area contributed by atoms with Crippen molar-refractivity contribution in [3.63, 3.8) is 0 Å². The fourth-order valence-electron chi connectivity index (χ4n) is 2.64. The third kappa shape index (κ3) is 2.11. The van der Waals surface area contributed by atoms with Crippen molar-refractivity contribution in [1.82, 2.24) is 4.90 Å². The first-order valence-electron chi connectivity index (χ1n) is 5.81. The molecule has 2 unspecified atom stereocenters. The minimum Gasteiger partial charge on any atom is -0.326 e. The fourth-order valence-corrected chi connectivity index (χ4v) is 2.64. The van der Waals surface area contributed by atoms with Crippen molar-refractivity contribution in [2.45, 2.75) is 31.8 Å². The van der Waals surface area contributed by atoms with E-state index in [0.29, 0.717) is 0 Å². The molecule has 1 aliphatic rings. The summed E-state index contributed by atoms with van der Waals surface area (Å²) in [6, 6.07) is 5.37. The highest BCUT2D eigenvalue weighted by atomic mass is 19.1. The number of hydrogen-bond donors (Lipinski definition) is 1. The zero-order valence-corrected chi connectivity index (χ0v) is 9.91. The van der Waals surface area contributed by atoms with E-state index in [4.69, 9.17) is 5.73 Å². The van der Waals surface area contributed by atoms with Crippen molar-refractivity contribution >= 4 is 0 Å². The average molecular weight is 222 g/mol. The van der Waals surface area contributed by atoms with Gasteiger partial charge in [0.15, 0.2) is 0 Å². The minimum atomic E-state index is -0.173. The Morgan fingerprint density at radius 3 is 2.81 bits per heavy atom. The summed E-state index contributed by atoms with van der Waals surface area (Å²) in [4.78, 5) is 2.27. The molecular weight excluding hydrogens is 203 g/mol. The molecule has 0 saturated carbocycles. The highest BCUT2D eigenvalue weighted by Gasteiger charge is 2.28. The summed E-state index contributed by atoms with van der Waals surface area (Å²) in [6.07, 6.45) is 2.19. The minimum absolute atomic E-state index is 0.155. The van der Waals surface area contributed by atoms with Gasteiger partial charge in [-0.1, -0.05) is 6.07 Å². The van der Waals surface area contributed by atoms with Gasteiger partial charge >= 0.3 is 0 Å². The van der Waals surface area contributed by atoms with Crippen molar-refractivity contribution in [3.05, 3.63) is 35.1 Å². The number of piperidine rings is 1. The molecule has 3 heteroatoms. The fraction of sp³-hybridized carbons (Fsp3) is 0.538. The Kier molecular flexibility index (Phi) is 3.26. The van der Waals surface area contributed by atoms with E-state index in [2.05, 4.69) is 11.9 Å². The molecule has 0 aromatic heterocycles. The van der Waals surface area contributed by atoms with Crippen molar-refractivity contribution in [2.75, 3.05) is 13.6 Å². The van der Waals surface area contributed by atoms with Crippen LogP contribution in [0.15, 0.2) is 18.2 Å². The second kappa shape index (κ2) is 4.52. The number of likely N-dealkylation sites (N-methyl/N-ethyl adjacent to an activating group) is 1. The van der Waals surface area contributed by atoms with Gasteiger partial charge < -0.3 is 5.73 Å². The van der Waals surface area contributed by atoms with E-state index in [1.165, 1.54) is 6.07 Å². The van der Waals surface area contributed by atoms with Crippen LogP contribution in [0.2, 0.25) is 0 Å². The number of aryl methyl sites for hydroxylation is 1. The highest BCUT2D eigenvalue weighted by molar-refractivity contribution is 5.31. The summed E-state index contributed by atoms with van der Waals surface area (Å²) in [5.41, 5.74) is 8.33. The van der Waals surface area contributed by atoms with Crippen LogP contribution in [-0.2, 0) is 0 Å². The van der Waals surface area contributed by atoms with Crippen molar-refractivity contribution in [3.8, 4) is 0 Å². The molecule has 16 heavy (non-hydrogen) atoms. The average Bonchev–Trinajstić information content (AvgIpc) is 2.20. The molecule has 1 heterocycles. The Balaban J connectivity index is 2.34. The van der Waals surface area contributed by atoms with Gasteiger partial charge in [-0.15, -0.1) is 0 Å². The molecule has 1 aromatic carbocycles. The van der Waals surface area contributed by atoms with E-state index in [9.17, 15) is 4.39 Å². The lowest BCUT2D eigenvalue weighted by atomic mass is 9.89. The number of benzene rings is 1. The van der Waals surface area contributed by atoms with Gasteiger partial charge in [0.25, 0.3) is 0 Å². The number of halogens is 1. The second-order valence-electron chi connectivity index (χ2n) is 4.73. The summed E-state index contributed by atoms with van der Waals surface area (Å²) in [5.74, 6) is -0.173. The van der Waals surface area contributed by atoms with E-state index < -0.39 is 0 Å². The first-order valence-corrected chi connectivity index (χ1v) is 5.81. The molecule has 2 atom stereocenters. The molecule has 88 valence electrons. The molecule has 0 bridgehead atoms. The molecule has 1 fully saturated rings. The smallest absolute Gasteiger partial charge is 0.123 e. The lowest BCUT2D eigenvalue weighted by Crippen LogP contribution is -2.44. The molecular formula is C13H19FN2. The third-order valence-electron chi connectivity index (χ3n) is 3.48. The van der Waals surface area contributed by atoms with Crippen LogP contribution in [0.4, 0.5) is 4.39 Å². The van der Waals surface area contributed by atoms with Gasteiger partial charge in [-0.05, 0) is 56.6 Å². The van der Waals surface area contributed by atoms with Crippen LogP contribution in [0, 0.1) is 12.7 Å². The maximum atomic E-state index is 13.1. The molecule has 2 nitrogen and oxygen atoms in total. The zero-order chi connectivity index (χ0) is 11.7. The van der Waals surface area contributed by atoms with E-state index >= 15 is 0 Å². The Morgan fingerprint density at radius 2 is 2.19 bits per heavy atom. The Bertz CT molecular complexity index is 368. The Labute approximate surface area is 96.2 Å². The summed E-state index contributed by atoms with van der Waals surface area (Å²) < 4.78 is 13.1. The van der Waals surface area contributed by atoms with E-state index in [0.717, 1.165) is 30.5 Å². The maximum Gasteiger partial charge on any atom is 0.123 e. The Morgan fingerprint density at radius 1 is 1.44 bits per heavy atom. The molecule has 1 aromatic rings. The molecule has 0 amide bonds. The SMILES string of the molecule is Cc1cc(F)ccc1C1C(N)CCCN1C. The predicted molar refractivity (Wildman–Crippen MR) is 63.7 cm³/mol. The van der Waals surface area contributed by atoms with Crippen LogP contribution in [0.25, 0.3) is 0 Å². The lowest BCUT2D eigenvalue weighted by Gasteiger charge is -2.38. The number of rotatable bonds is 1. The van der Waals surface area contributed by atoms with Crippen LogP contribution in [-0.4, -0.2) is 24.5 Å². The van der Waals surface area contributed by atoms with Gasteiger partial charge in [0.1, 0.15) is 5.82 Å². The number of likely N-dealkylation sites (tertiary alicyclic amines) is 1. The van der Waals surface area contributed by atoms with Crippen molar-refractivity contribution in [2.24, 2.45) is 5.73 Å². The largest absolute Gasteiger partial charge is 0.326 e. The summed E-state index contributed by atoms with van der Waals surface area (Å²) in [6.45, 7) is 3.02. The quantitative estimate of drug-likeness (QED) is 0.789. The molecule has 1 saturated heterocycles. The second-order valence-corrected chi connectivity index (χ2v) is 4.73. The van der Waals surface area contributed by atoms with Crippen LogP contribution in [0.1, 0.15) is 30.0 Å². The third-order valence-corrected chi connectivity index (χ3v) is 3.48.